The third-order valence-electron chi connectivity index (χ3n) is 3.85. The fourth-order valence-electron chi connectivity index (χ4n) is 2.50. The van der Waals surface area contributed by atoms with Gasteiger partial charge in [-0.1, -0.05) is 0 Å². The zero-order chi connectivity index (χ0) is 12.8. The fraction of sp³-hybridized carbons (Fsp3) is 0.923. The third-order valence-corrected chi connectivity index (χ3v) is 3.85. The largest absolute Gasteiger partial charge is 0.342 e. The molecule has 2 N–H and O–H groups in total. The van der Waals surface area contributed by atoms with E-state index < -0.39 is 0 Å². The lowest BCUT2D eigenvalue weighted by Gasteiger charge is -2.34. The Morgan fingerprint density at radius 2 is 1.83 bits per heavy atom. The molecule has 1 rings (SSSR count). The van der Waals surface area contributed by atoms with Gasteiger partial charge in [0.2, 0.25) is 5.91 Å². The quantitative estimate of drug-likeness (QED) is 0.825. The maximum Gasteiger partial charge on any atom is 0.236 e. The van der Waals surface area contributed by atoms with Crippen LogP contribution in [-0.4, -0.2) is 54.5 Å². The molecule has 1 atom stereocenters. The number of carbonyl (C=O) groups is 1. The van der Waals surface area contributed by atoms with Crippen molar-refractivity contribution >= 4 is 18.3 Å². The van der Waals surface area contributed by atoms with E-state index in [1.54, 1.807) is 0 Å². The van der Waals surface area contributed by atoms with Gasteiger partial charge in [0, 0.05) is 19.1 Å². The SMILES string of the molecule is CCN(CC)C(=O)CN1CCC(C(C)N)CC1.Cl. The number of likely N-dealkylation sites (tertiary alicyclic amines) is 1. The van der Waals surface area contributed by atoms with Crippen LogP contribution in [0.2, 0.25) is 0 Å². The number of hydrogen-bond acceptors (Lipinski definition) is 3. The molecule has 0 aliphatic carbocycles. The van der Waals surface area contributed by atoms with E-state index >= 15 is 0 Å². The van der Waals surface area contributed by atoms with Crippen LogP contribution in [0.15, 0.2) is 0 Å². The molecule has 4 nitrogen and oxygen atoms in total. The minimum atomic E-state index is 0. The first-order valence-electron chi connectivity index (χ1n) is 6.84. The Bertz CT molecular complexity index is 236. The molecule has 1 heterocycles. The minimum absolute atomic E-state index is 0. The van der Waals surface area contributed by atoms with Crippen molar-refractivity contribution in [2.24, 2.45) is 11.7 Å². The highest BCUT2D eigenvalue weighted by Crippen LogP contribution is 2.19. The van der Waals surface area contributed by atoms with E-state index in [1.165, 1.54) is 0 Å². The van der Waals surface area contributed by atoms with E-state index in [1.807, 2.05) is 18.7 Å². The van der Waals surface area contributed by atoms with Crippen LogP contribution >= 0.6 is 12.4 Å². The van der Waals surface area contributed by atoms with Gasteiger partial charge >= 0.3 is 0 Å². The second-order valence-corrected chi connectivity index (χ2v) is 5.04. The molecule has 108 valence electrons. The average molecular weight is 278 g/mol. The monoisotopic (exact) mass is 277 g/mol. The Balaban J connectivity index is 0.00000289. The van der Waals surface area contributed by atoms with Gasteiger partial charge in [0.1, 0.15) is 0 Å². The summed E-state index contributed by atoms with van der Waals surface area (Å²) >= 11 is 0. The van der Waals surface area contributed by atoms with Gasteiger partial charge in [-0.3, -0.25) is 9.69 Å². The van der Waals surface area contributed by atoms with Crippen molar-refractivity contribution < 1.29 is 4.79 Å². The predicted molar refractivity (Wildman–Crippen MR) is 78.0 cm³/mol. The van der Waals surface area contributed by atoms with Gasteiger partial charge in [-0.05, 0) is 52.6 Å². The van der Waals surface area contributed by atoms with Crippen LogP contribution in [0.25, 0.3) is 0 Å². The molecule has 1 saturated heterocycles. The van der Waals surface area contributed by atoms with E-state index in [9.17, 15) is 4.79 Å². The molecule has 0 bridgehead atoms. The van der Waals surface area contributed by atoms with Crippen molar-refractivity contribution in [3.8, 4) is 0 Å². The molecule has 1 aliphatic heterocycles. The van der Waals surface area contributed by atoms with Crippen LogP contribution in [0, 0.1) is 5.92 Å². The van der Waals surface area contributed by atoms with Crippen molar-refractivity contribution in [3.63, 3.8) is 0 Å². The van der Waals surface area contributed by atoms with Crippen molar-refractivity contribution in [2.45, 2.75) is 39.7 Å². The fourth-order valence-corrected chi connectivity index (χ4v) is 2.50. The molecule has 0 aromatic rings. The lowest BCUT2D eigenvalue weighted by atomic mass is 9.91. The first-order valence-corrected chi connectivity index (χ1v) is 6.84. The number of amides is 1. The predicted octanol–water partition coefficient (Wildman–Crippen LogP) is 1.34. The van der Waals surface area contributed by atoms with Crippen LogP contribution in [0.3, 0.4) is 0 Å². The molecule has 0 spiro atoms. The van der Waals surface area contributed by atoms with Crippen molar-refractivity contribution in [2.75, 3.05) is 32.7 Å². The molecule has 1 unspecified atom stereocenters. The maximum atomic E-state index is 11.9. The van der Waals surface area contributed by atoms with Crippen LogP contribution in [0.5, 0.6) is 0 Å². The first-order chi connectivity index (χ1) is 8.08. The highest BCUT2D eigenvalue weighted by Gasteiger charge is 2.23. The summed E-state index contributed by atoms with van der Waals surface area (Å²) in [5, 5.41) is 0. The maximum absolute atomic E-state index is 11.9. The second kappa shape index (κ2) is 8.73. The van der Waals surface area contributed by atoms with Crippen molar-refractivity contribution in [1.29, 1.82) is 0 Å². The molecule has 18 heavy (non-hydrogen) atoms. The van der Waals surface area contributed by atoms with Crippen LogP contribution < -0.4 is 5.73 Å². The van der Waals surface area contributed by atoms with Gasteiger partial charge in [-0.25, -0.2) is 0 Å². The summed E-state index contributed by atoms with van der Waals surface area (Å²) in [6.45, 7) is 10.4. The average Bonchev–Trinajstić information content (AvgIpc) is 2.31. The molecular weight excluding hydrogens is 250 g/mol. The number of rotatable bonds is 5. The summed E-state index contributed by atoms with van der Waals surface area (Å²) in [5.74, 6) is 0.893. The molecule has 1 amide bonds. The van der Waals surface area contributed by atoms with Crippen LogP contribution in [-0.2, 0) is 4.79 Å². The Morgan fingerprint density at radius 3 is 2.22 bits per heavy atom. The Morgan fingerprint density at radius 1 is 1.33 bits per heavy atom. The highest BCUT2D eigenvalue weighted by atomic mass is 35.5. The number of nitrogens with two attached hydrogens (primary N) is 1. The molecule has 0 saturated carbocycles. The third kappa shape index (κ3) is 5.12. The van der Waals surface area contributed by atoms with E-state index in [0.29, 0.717) is 12.5 Å². The number of nitrogens with zero attached hydrogens (tertiary/aromatic N) is 2. The minimum Gasteiger partial charge on any atom is -0.342 e. The molecular formula is C13H28ClN3O. The summed E-state index contributed by atoms with van der Waals surface area (Å²) in [6.07, 6.45) is 2.26. The first kappa shape index (κ1) is 17.7. The molecule has 0 aromatic carbocycles. The summed E-state index contributed by atoms with van der Waals surface area (Å²) in [7, 11) is 0. The Labute approximate surface area is 117 Å². The smallest absolute Gasteiger partial charge is 0.236 e. The normalized spacial score (nSPS) is 19.1. The highest BCUT2D eigenvalue weighted by molar-refractivity contribution is 5.85. The molecule has 0 aromatic heterocycles. The van der Waals surface area contributed by atoms with E-state index in [4.69, 9.17) is 5.73 Å². The molecule has 5 heteroatoms. The van der Waals surface area contributed by atoms with Gasteiger partial charge in [0.15, 0.2) is 0 Å². The number of likely N-dealkylation sites (N-methyl/N-ethyl adjacent to an activating group) is 1. The van der Waals surface area contributed by atoms with Crippen molar-refractivity contribution in [1.82, 2.24) is 9.80 Å². The summed E-state index contributed by atoms with van der Waals surface area (Å²) in [6, 6.07) is 0.288. The summed E-state index contributed by atoms with van der Waals surface area (Å²) < 4.78 is 0. The van der Waals surface area contributed by atoms with Gasteiger partial charge in [-0.2, -0.15) is 0 Å². The van der Waals surface area contributed by atoms with Gasteiger partial charge < -0.3 is 10.6 Å². The summed E-state index contributed by atoms with van der Waals surface area (Å²) in [5.41, 5.74) is 5.91. The number of halogens is 1. The Kier molecular flexibility index (Phi) is 8.57. The molecule has 1 fully saturated rings. The zero-order valence-electron chi connectivity index (χ0n) is 11.9. The number of carbonyl (C=O) groups excluding carboxylic acids is 1. The standard InChI is InChI=1S/C13H27N3O.ClH/c1-4-16(5-2)13(17)10-15-8-6-12(7-9-15)11(3)14;/h11-12H,4-10,14H2,1-3H3;1H. The van der Waals surface area contributed by atoms with E-state index in [-0.39, 0.29) is 24.4 Å². The lowest BCUT2D eigenvalue weighted by Crippen LogP contribution is -2.45. The second-order valence-electron chi connectivity index (χ2n) is 5.04. The van der Waals surface area contributed by atoms with Crippen molar-refractivity contribution in [3.05, 3.63) is 0 Å². The van der Waals surface area contributed by atoms with E-state index in [0.717, 1.165) is 39.0 Å². The number of hydrogen-bond donors (Lipinski definition) is 1. The van der Waals surface area contributed by atoms with E-state index in [2.05, 4.69) is 11.8 Å². The number of piperidine rings is 1. The topological polar surface area (TPSA) is 49.6 Å². The van der Waals surface area contributed by atoms with Gasteiger partial charge in [0.05, 0.1) is 6.54 Å². The van der Waals surface area contributed by atoms with Gasteiger partial charge in [-0.15, -0.1) is 12.4 Å². The van der Waals surface area contributed by atoms with Gasteiger partial charge in [0.25, 0.3) is 0 Å². The van der Waals surface area contributed by atoms with Crippen LogP contribution in [0.1, 0.15) is 33.6 Å². The van der Waals surface area contributed by atoms with Crippen LogP contribution in [0.4, 0.5) is 0 Å². The lowest BCUT2D eigenvalue weighted by molar-refractivity contribution is -0.132. The molecule has 0 radical (unpaired) electrons. The summed E-state index contributed by atoms with van der Waals surface area (Å²) in [4.78, 5) is 16.1. The Hall–Kier alpha value is -0.320. The zero-order valence-corrected chi connectivity index (χ0v) is 12.7. The molecule has 1 aliphatic rings.